The van der Waals surface area contributed by atoms with Crippen LogP contribution in [0, 0.1) is 11.7 Å². The standard InChI is InChI=1S/C21H22FNO2S/c22-18-4-2-1-3-17(18)20(21(24)15-5-6-15)23-9-7-19(26)16(12-23)11-14-8-10-25-13-14/h1-4,8,10-11,13,15,19-20,26H,5-7,9,12H2/b16-11+. The number of nitrogens with zero attached hydrogens (tertiary/aromatic N) is 1. The fraction of sp³-hybridized carbons (Fsp3) is 0.381. The monoisotopic (exact) mass is 371 g/mol. The van der Waals surface area contributed by atoms with Crippen molar-refractivity contribution in [3.8, 4) is 0 Å². The number of furan rings is 1. The van der Waals surface area contributed by atoms with Gasteiger partial charge in [0.25, 0.3) is 0 Å². The van der Waals surface area contributed by atoms with Crippen LogP contribution >= 0.6 is 12.6 Å². The molecule has 5 heteroatoms. The Morgan fingerprint density at radius 2 is 2.08 bits per heavy atom. The predicted molar refractivity (Wildman–Crippen MR) is 103 cm³/mol. The summed E-state index contributed by atoms with van der Waals surface area (Å²) in [6.45, 7) is 1.34. The molecule has 1 aromatic heterocycles. The van der Waals surface area contributed by atoms with Crippen molar-refractivity contribution in [3.05, 3.63) is 65.4 Å². The molecule has 2 fully saturated rings. The van der Waals surface area contributed by atoms with Gasteiger partial charge in [-0.2, -0.15) is 12.6 Å². The topological polar surface area (TPSA) is 33.5 Å². The van der Waals surface area contributed by atoms with Crippen molar-refractivity contribution in [3.63, 3.8) is 0 Å². The first kappa shape index (κ1) is 17.6. The molecular formula is C21H22FNO2S. The Bertz CT molecular complexity index is 813. The zero-order valence-electron chi connectivity index (χ0n) is 14.5. The van der Waals surface area contributed by atoms with Gasteiger partial charge >= 0.3 is 0 Å². The van der Waals surface area contributed by atoms with E-state index in [1.54, 1.807) is 30.7 Å². The average Bonchev–Trinajstić information content (AvgIpc) is 3.37. The molecule has 1 aliphatic heterocycles. The minimum Gasteiger partial charge on any atom is -0.472 e. The van der Waals surface area contributed by atoms with Gasteiger partial charge < -0.3 is 4.42 Å². The van der Waals surface area contributed by atoms with E-state index >= 15 is 0 Å². The third-order valence-electron chi connectivity index (χ3n) is 5.21. The number of hydrogen-bond donors (Lipinski definition) is 1. The molecule has 2 aliphatic rings. The predicted octanol–water partition coefficient (Wildman–Crippen LogP) is 4.53. The minimum absolute atomic E-state index is 0.0784. The van der Waals surface area contributed by atoms with E-state index in [0.717, 1.165) is 36.9 Å². The highest BCUT2D eigenvalue weighted by Crippen LogP contribution is 2.39. The van der Waals surface area contributed by atoms with Crippen molar-refractivity contribution < 1.29 is 13.6 Å². The van der Waals surface area contributed by atoms with Crippen molar-refractivity contribution >= 4 is 24.5 Å². The Morgan fingerprint density at radius 1 is 1.27 bits per heavy atom. The second kappa shape index (κ2) is 7.41. The number of thiol groups is 1. The number of ketones is 1. The maximum absolute atomic E-state index is 14.5. The third kappa shape index (κ3) is 3.64. The van der Waals surface area contributed by atoms with Crippen molar-refractivity contribution in [1.29, 1.82) is 0 Å². The molecule has 136 valence electrons. The fourth-order valence-electron chi connectivity index (χ4n) is 3.64. The zero-order valence-corrected chi connectivity index (χ0v) is 15.4. The van der Waals surface area contributed by atoms with E-state index in [-0.39, 0.29) is 22.8 Å². The molecular weight excluding hydrogens is 349 g/mol. The SMILES string of the molecule is O=C(C1CC1)C(c1ccccc1F)N1CCC(S)/C(=C/c2ccoc2)C1. The minimum atomic E-state index is -0.516. The maximum atomic E-state index is 14.5. The number of halogens is 1. The van der Waals surface area contributed by atoms with Crippen molar-refractivity contribution in [2.75, 3.05) is 13.1 Å². The molecule has 2 aromatic rings. The molecule has 2 unspecified atom stereocenters. The van der Waals surface area contributed by atoms with E-state index in [2.05, 4.69) is 11.0 Å². The van der Waals surface area contributed by atoms with Gasteiger partial charge in [-0.25, -0.2) is 4.39 Å². The Balaban J connectivity index is 1.65. The molecule has 1 saturated heterocycles. The summed E-state index contributed by atoms with van der Waals surface area (Å²) < 4.78 is 19.6. The number of hydrogen-bond acceptors (Lipinski definition) is 4. The van der Waals surface area contributed by atoms with Gasteiger partial charge in [-0.3, -0.25) is 9.69 Å². The largest absolute Gasteiger partial charge is 0.472 e. The van der Waals surface area contributed by atoms with Crippen LogP contribution in [0.1, 0.15) is 36.4 Å². The highest BCUT2D eigenvalue weighted by atomic mass is 32.1. The number of carbonyl (C=O) groups is 1. The van der Waals surface area contributed by atoms with Crippen LogP contribution in [0.15, 0.2) is 52.8 Å². The number of benzene rings is 1. The molecule has 1 saturated carbocycles. The second-order valence-electron chi connectivity index (χ2n) is 7.15. The maximum Gasteiger partial charge on any atom is 0.157 e. The third-order valence-corrected chi connectivity index (χ3v) is 5.80. The summed E-state index contributed by atoms with van der Waals surface area (Å²) in [7, 11) is 0. The van der Waals surface area contributed by atoms with Gasteiger partial charge in [0.05, 0.1) is 18.6 Å². The van der Waals surface area contributed by atoms with E-state index < -0.39 is 6.04 Å². The van der Waals surface area contributed by atoms with Gasteiger partial charge in [0.1, 0.15) is 5.82 Å². The van der Waals surface area contributed by atoms with Gasteiger partial charge in [0, 0.05) is 35.4 Å². The van der Waals surface area contributed by atoms with E-state index in [0.29, 0.717) is 12.1 Å². The lowest BCUT2D eigenvalue weighted by Gasteiger charge is -2.37. The van der Waals surface area contributed by atoms with Crippen LogP contribution in [-0.2, 0) is 4.79 Å². The molecule has 3 nitrogen and oxygen atoms in total. The lowest BCUT2D eigenvalue weighted by Crippen LogP contribution is -2.42. The molecule has 0 amide bonds. The highest BCUT2D eigenvalue weighted by molar-refractivity contribution is 7.81. The molecule has 1 aromatic carbocycles. The highest BCUT2D eigenvalue weighted by Gasteiger charge is 2.40. The first-order valence-corrected chi connectivity index (χ1v) is 9.58. The van der Waals surface area contributed by atoms with Gasteiger partial charge in [0.15, 0.2) is 5.78 Å². The van der Waals surface area contributed by atoms with Crippen molar-refractivity contribution in [2.45, 2.75) is 30.6 Å². The Hall–Kier alpha value is -1.85. The van der Waals surface area contributed by atoms with Crippen LogP contribution in [0.25, 0.3) is 6.08 Å². The molecule has 4 rings (SSSR count). The Kier molecular flexibility index (Phi) is 5.00. The molecule has 0 radical (unpaired) electrons. The molecule has 0 spiro atoms. The first-order chi connectivity index (χ1) is 12.6. The van der Waals surface area contributed by atoms with Crippen LogP contribution in [0.4, 0.5) is 4.39 Å². The normalized spacial score (nSPS) is 23.9. The number of rotatable bonds is 5. The fourth-order valence-corrected chi connectivity index (χ4v) is 3.92. The molecule has 26 heavy (non-hydrogen) atoms. The molecule has 0 N–H and O–H groups in total. The summed E-state index contributed by atoms with van der Waals surface area (Å²) in [6, 6.07) is 8.04. The van der Waals surface area contributed by atoms with Crippen molar-refractivity contribution in [1.82, 2.24) is 4.90 Å². The summed E-state index contributed by atoms with van der Waals surface area (Å²) in [5, 5.41) is 0.137. The van der Waals surface area contributed by atoms with Gasteiger partial charge in [-0.15, -0.1) is 0 Å². The number of piperidine rings is 1. The van der Waals surface area contributed by atoms with Crippen LogP contribution in [0.2, 0.25) is 0 Å². The average molecular weight is 371 g/mol. The van der Waals surface area contributed by atoms with Crippen LogP contribution in [-0.4, -0.2) is 29.0 Å². The van der Waals surface area contributed by atoms with Crippen LogP contribution < -0.4 is 0 Å². The lowest BCUT2D eigenvalue weighted by atomic mass is 9.93. The Morgan fingerprint density at radius 3 is 2.77 bits per heavy atom. The zero-order chi connectivity index (χ0) is 18.1. The van der Waals surface area contributed by atoms with Crippen LogP contribution in [0.5, 0.6) is 0 Å². The number of likely N-dealkylation sites (tertiary alicyclic amines) is 1. The molecule has 2 heterocycles. The van der Waals surface area contributed by atoms with E-state index in [1.165, 1.54) is 6.07 Å². The first-order valence-electron chi connectivity index (χ1n) is 9.06. The van der Waals surface area contributed by atoms with Crippen molar-refractivity contribution in [2.24, 2.45) is 5.92 Å². The number of carbonyl (C=O) groups excluding carboxylic acids is 1. The smallest absolute Gasteiger partial charge is 0.157 e. The van der Waals surface area contributed by atoms with E-state index in [9.17, 15) is 9.18 Å². The Labute approximate surface area is 158 Å². The van der Waals surface area contributed by atoms with E-state index in [4.69, 9.17) is 17.0 Å². The summed E-state index contributed by atoms with van der Waals surface area (Å²) >= 11 is 4.70. The lowest BCUT2D eigenvalue weighted by molar-refractivity contribution is -0.126. The summed E-state index contributed by atoms with van der Waals surface area (Å²) in [5.41, 5.74) is 2.60. The van der Waals surface area contributed by atoms with E-state index in [1.807, 2.05) is 6.07 Å². The van der Waals surface area contributed by atoms with Gasteiger partial charge in [-0.1, -0.05) is 24.3 Å². The quantitative estimate of drug-likeness (QED) is 0.784. The van der Waals surface area contributed by atoms with Gasteiger partial charge in [0.2, 0.25) is 0 Å². The summed E-state index contributed by atoms with van der Waals surface area (Å²) in [4.78, 5) is 15.1. The summed E-state index contributed by atoms with van der Waals surface area (Å²) in [6.07, 6.45) is 8.06. The molecule has 0 bridgehead atoms. The molecule has 2 atom stereocenters. The molecule has 1 aliphatic carbocycles. The summed E-state index contributed by atoms with van der Waals surface area (Å²) in [5.74, 6) is -0.0788. The number of Topliss-reactive ketones (excluding diaryl/α,β-unsaturated/α-hetero) is 1. The van der Waals surface area contributed by atoms with Crippen LogP contribution in [0.3, 0.4) is 0 Å². The van der Waals surface area contributed by atoms with Gasteiger partial charge in [-0.05, 0) is 37.0 Å². The second-order valence-corrected chi connectivity index (χ2v) is 7.77.